The minimum absolute atomic E-state index is 0.112. The van der Waals surface area contributed by atoms with Crippen LogP contribution in [0.3, 0.4) is 0 Å². The number of allylic oxidation sites excluding steroid dienone is 1. The lowest BCUT2D eigenvalue weighted by molar-refractivity contribution is 0.289. The third-order valence-electron chi connectivity index (χ3n) is 5.21. The number of hydrogen-bond donors (Lipinski definition) is 3. The van der Waals surface area contributed by atoms with Crippen LogP contribution in [0.4, 0.5) is 5.95 Å². The maximum absolute atomic E-state index is 9.14. The predicted octanol–water partition coefficient (Wildman–Crippen LogP) is 3.46. The molecule has 0 spiro atoms. The third-order valence-corrected chi connectivity index (χ3v) is 5.21. The van der Waals surface area contributed by atoms with E-state index in [2.05, 4.69) is 20.3 Å². The first-order chi connectivity index (χ1) is 17.0. The molecule has 0 aliphatic heterocycles. The molecule has 3 N–H and O–H groups in total. The molecule has 184 valence electrons. The smallest absolute Gasteiger partial charge is 0.228 e. The van der Waals surface area contributed by atoms with E-state index >= 15 is 0 Å². The molecule has 0 radical (unpaired) electrons. The van der Waals surface area contributed by atoms with Gasteiger partial charge in [-0.05, 0) is 38.5 Å². The third kappa shape index (κ3) is 6.30. The van der Waals surface area contributed by atoms with Crippen LogP contribution in [0, 0.1) is 12.3 Å². The zero-order chi connectivity index (χ0) is 25.2. The number of aryl methyl sites for hydroxylation is 1. The van der Waals surface area contributed by atoms with Gasteiger partial charge in [0, 0.05) is 63.2 Å². The van der Waals surface area contributed by atoms with Gasteiger partial charge in [0.2, 0.25) is 11.8 Å². The minimum atomic E-state index is 0.112. The largest absolute Gasteiger partial charge is 0.480 e. The van der Waals surface area contributed by atoms with Crippen molar-refractivity contribution < 1.29 is 14.6 Å². The number of pyridine rings is 2. The van der Waals surface area contributed by atoms with Crippen molar-refractivity contribution in [3.8, 4) is 28.6 Å². The number of aromatic nitrogens is 4. The van der Waals surface area contributed by atoms with E-state index in [1.807, 2.05) is 30.9 Å². The summed E-state index contributed by atoms with van der Waals surface area (Å²) < 4.78 is 11.6. The average Bonchev–Trinajstić information content (AvgIpc) is 2.89. The summed E-state index contributed by atoms with van der Waals surface area (Å²) in [7, 11) is 3.33. The zero-order valence-corrected chi connectivity index (χ0v) is 20.4. The fraction of sp³-hybridized carbons (Fsp3) is 0.320. The lowest BCUT2D eigenvalue weighted by atomic mass is 10.2. The summed E-state index contributed by atoms with van der Waals surface area (Å²) in [6.45, 7) is 5.36. The van der Waals surface area contributed by atoms with Crippen molar-refractivity contribution in [1.29, 1.82) is 5.41 Å². The summed E-state index contributed by atoms with van der Waals surface area (Å²) in [5.41, 5.74) is 3.27. The molecular formula is C25H31N7O3. The van der Waals surface area contributed by atoms with Gasteiger partial charge in [0.15, 0.2) is 0 Å². The van der Waals surface area contributed by atoms with E-state index < -0.39 is 0 Å². The maximum Gasteiger partial charge on any atom is 0.228 e. The second-order valence-electron chi connectivity index (χ2n) is 7.54. The average molecular weight is 478 g/mol. The first-order valence-electron chi connectivity index (χ1n) is 11.3. The molecule has 0 bridgehead atoms. The van der Waals surface area contributed by atoms with Crippen molar-refractivity contribution in [3.05, 3.63) is 54.2 Å². The Labute approximate surface area is 205 Å². The van der Waals surface area contributed by atoms with Crippen LogP contribution in [0.5, 0.6) is 17.4 Å². The van der Waals surface area contributed by atoms with Crippen LogP contribution in [-0.4, -0.2) is 65.1 Å². The number of hydrogen-bond acceptors (Lipinski definition) is 10. The van der Waals surface area contributed by atoms with Gasteiger partial charge in [-0.3, -0.25) is 4.98 Å². The van der Waals surface area contributed by atoms with Gasteiger partial charge in [-0.25, -0.2) is 9.97 Å². The number of aliphatic hydroxyl groups excluding tert-OH is 1. The normalized spacial score (nSPS) is 11.2. The summed E-state index contributed by atoms with van der Waals surface area (Å²) in [5, 5.41) is 19.6. The van der Waals surface area contributed by atoms with E-state index in [-0.39, 0.29) is 6.61 Å². The number of nitrogens with one attached hydrogen (secondary N) is 2. The Morgan fingerprint density at radius 3 is 2.71 bits per heavy atom. The Balaban J connectivity index is 1.86. The van der Waals surface area contributed by atoms with Crippen molar-refractivity contribution in [2.45, 2.75) is 20.3 Å². The molecule has 3 heterocycles. The van der Waals surface area contributed by atoms with Gasteiger partial charge in [-0.15, -0.1) is 0 Å². The second-order valence-corrected chi connectivity index (χ2v) is 7.54. The molecular weight excluding hydrogens is 446 g/mol. The lowest BCUT2D eigenvalue weighted by Gasteiger charge is -2.21. The summed E-state index contributed by atoms with van der Waals surface area (Å²) in [6.07, 6.45) is 6.91. The Bertz CT molecular complexity index is 1180. The van der Waals surface area contributed by atoms with Gasteiger partial charge in [0.25, 0.3) is 0 Å². The minimum Gasteiger partial charge on any atom is -0.480 e. The molecule has 0 fully saturated rings. The van der Waals surface area contributed by atoms with E-state index in [0.717, 1.165) is 0 Å². The molecule has 3 rings (SSSR count). The molecule has 0 atom stereocenters. The van der Waals surface area contributed by atoms with Crippen LogP contribution in [0.1, 0.15) is 24.7 Å². The van der Waals surface area contributed by atoms with E-state index in [4.69, 9.17) is 25.0 Å². The highest BCUT2D eigenvalue weighted by Gasteiger charge is 2.16. The number of nitrogens with zero attached hydrogens (tertiary/aromatic N) is 5. The Kier molecular flexibility index (Phi) is 9.08. The van der Waals surface area contributed by atoms with Gasteiger partial charge in [-0.2, -0.15) is 4.98 Å². The van der Waals surface area contributed by atoms with E-state index in [1.54, 1.807) is 44.9 Å². The zero-order valence-electron chi connectivity index (χ0n) is 20.4. The monoisotopic (exact) mass is 477 g/mol. The van der Waals surface area contributed by atoms with Crippen molar-refractivity contribution in [1.82, 2.24) is 25.3 Å². The first-order valence-corrected chi connectivity index (χ1v) is 11.3. The van der Waals surface area contributed by atoms with Crippen molar-refractivity contribution in [3.63, 3.8) is 0 Å². The van der Waals surface area contributed by atoms with Gasteiger partial charge in [0.1, 0.15) is 11.5 Å². The Morgan fingerprint density at radius 2 is 2.06 bits per heavy atom. The van der Waals surface area contributed by atoms with E-state index in [0.29, 0.717) is 71.1 Å². The molecule has 35 heavy (non-hydrogen) atoms. The van der Waals surface area contributed by atoms with Gasteiger partial charge < -0.3 is 30.2 Å². The predicted molar refractivity (Wildman–Crippen MR) is 136 cm³/mol. The second kappa shape index (κ2) is 12.4. The van der Waals surface area contributed by atoms with Crippen LogP contribution in [0.25, 0.3) is 16.8 Å². The van der Waals surface area contributed by atoms with Crippen molar-refractivity contribution in [2.75, 3.05) is 38.8 Å². The fourth-order valence-corrected chi connectivity index (χ4v) is 3.41. The van der Waals surface area contributed by atoms with E-state index in [9.17, 15) is 0 Å². The molecule has 3 aromatic rings. The van der Waals surface area contributed by atoms with Crippen LogP contribution in [0.15, 0.2) is 42.9 Å². The molecule has 0 amide bonds. The van der Waals surface area contributed by atoms with Crippen LogP contribution in [-0.2, 0) is 0 Å². The fourth-order valence-electron chi connectivity index (χ4n) is 3.41. The number of ether oxygens (including phenoxy) is 2. The standard InChI is InChI=1S/C25H31N7O3/c1-5-32(11-6-12-33)25-29-16-20(24(31-25)34-4)21-7-8-23(17(2)30-21)35-19-9-10-28-22(13-19)18(14-26)15-27-3/h7-10,13-16,26-27,33H,5-6,11-12H2,1-4H3/b18-15+,26-14?. The number of aliphatic hydroxyl groups is 1. The SMILES string of the molecule is CCN(CCCO)c1ncc(-c2ccc(Oc3ccnc(/C(C=N)=C/NC)c3)c(C)n2)c(OC)n1. The Hall–Kier alpha value is -4.05. The highest BCUT2D eigenvalue weighted by Crippen LogP contribution is 2.32. The van der Waals surface area contributed by atoms with Crippen molar-refractivity contribution in [2.24, 2.45) is 0 Å². The van der Waals surface area contributed by atoms with Crippen LogP contribution < -0.4 is 19.7 Å². The summed E-state index contributed by atoms with van der Waals surface area (Å²) in [4.78, 5) is 20.1. The quantitative estimate of drug-likeness (QED) is 0.336. The molecule has 0 saturated heterocycles. The summed E-state index contributed by atoms with van der Waals surface area (Å²) in [6, 6.07) is 7.20. The van der Waals surface area contributed by atoms with Crippen LogP contribution >= 0.6 is 0 Å². The number of rotatable bonds is 12. The molecule has 10 heteroatoms. The van der Waals surface area contributed by atoms with Crippen LogP contribution in [0.2, 0.25) is 0 Å². The van der Waals surface area contributed by atoms with Gasteiger partial charge >= 0.3 is 0 Å². The number of anilines is 1. The highest BCUT2D eigenvalue weighted by molar-refractivity contribution is 6.07. The molecule has 0 aliphatic carbocycles. The summed E-state index contributed by atoms with van der Waals surface area (Å²) in [5.74, 6) is 2.15. The molecule has 0 saturated carbocycles. The Morgan fingerprint density at radius 1 is 1.23 bits per heavy atom. The van der Waals surface area contributed by atoms with Gasteiger partial charge in [0.05, 0.1) is 29.8 Å². The number of methoxy groups -OCH3 is 1. The van der Waals surface area contributed by atoms with Crippen molar-refractivity contribution >= 4 is 17.7 Å². The first kappa shape index (κ1) is 25.6. The highest BCUT2D eigenvalue weighted by atomic mass is 16.5. The molecule has 0 aliphatic rings. The van der Waals surface area contributed by atoms with Gasteiger partial charge in [-0.1, -0.05) is 0 Å². The lowest BCUT2D eigenvalue weighted by Crippen LogP contribution is -2.26. The topological polar surface area (TPSA) is 129 Å². The molecule has 0 aromatic carbocycles. The maximum atomic E-state index is 9.14. The molecule has 3 aromatic heterocycles. The molecule has 0 unspecified atom stereocenters. The van der Waals surface area contributed by atoms with E-state index in [1.165, 1.54) is 6.21 Å². The summed E-state index contributed by atoms with van der Waals surface area (Å²) >= 11 is 0. The molecule has 10 nitrogen and oxygen atoms in total.